The van der Waals surface area contributed by atoms with E-state index in [-0.39, 0.29) is 24.6 Å². The van der Waals surface area contributed by atoms with Crippen LogP contribution in [0.1, 0.15) is 64.5 Å². The van der Waals surface area contributed by atoms with Crippen LogP contribution in [0.15, 0.2) is 34.2 Å². The van der Waals surface area contributed by atoms with E-state index in [9.17, 15) is 9.59 Å². The second-order valence-corrected chi connectivity index (χ2v) is 10.0. The Morgan fingerprint density at radius 2 is 1.92 bits per heavy atom. The topological polar surface area (TPSA) is 108 Å². The molecule has 1 saturated carbocycles. The van der Waals surface area contributed by atoms with Crippen molar-refractivity contribution in [2.45, 2.75) is 65.0 Å². The Balaban J connectivity index is 1.67. The maximum Gasteiger partial charge on any atom is 0.338 e. The smallest absolute Gasteiger partial charge is 0.338 e. The van der Waals surface area contributed by atoms with Gasteiger partial charge < -0.3 is 24.4 Å². The third-order valence-corrected chi connectivity index (χ3v) is 7.45. The Labute approximate surface area is 225 Å². The summed E-state index contributed by atoms with van der Waals surface area (Å²) in [5, 5.41) is 7.57. The van der Waals surface area contributed by atoms with Gasteiger partial charge in [0, 0.05) is 18.8 Å². The minimum absolute atomic E-state index is 0.0836. The Morgan fingerprint density at radius 1 is 1.19 bits per heavy atom. The van der Waals surface area contributed by atoms with Gasteiger partial charge >= 0.3 is 5.97 Å². The summed E-state index contributed by atoms with van der Waals surface area (Å²) in [6.45, 7) is 6.79. The van der Waals surface area contributed by atoms with Crippen LogP contribution in [0.4, 0.5) is 5.95 Å². The minimum Gasteiger partial charge on any atom is -0.493 e. The first-order valence-electron chi connectivity index (χ1n) is 12.7. The number of carbonyl (C=O) groups excluding carboxylic acids is 2. The van der Waals surface area contributed by atoms with E-state index in [0.717, 1.165) is 31.2 Å². The molecule has 1 atom stereocenters. The van der Waals surface area contributed by atoms with Crippen molar-refractivity contribution < 1.29 is 23.8 Å². The number of amides is 1. The van der Waals surface area contributed by atoms with Gasteiger partial charge in [0.25, 0.3) is 5.91 Å². The predicted molar refractivity (Wildman–Crippen MR) is 142 cm³/mol. The molecule has 2 heterocycles. The number of allylic oxidation sites excluding steroid dienone is 1. The van der Waals surface area contributed by atoms with E-state index in [1.807, 2.05) is 26.8 Å². The largest absolute Gasteiger partial charge is 0.493 e. The summed E-state index contributed by atoms with van der Waals surface area (Å²) < 4.78 is 19.7. The first kappa shape index (κ1) is 27.0. The molecule has 2 aromatic rings. The van der Waals surface area contributed by atoms with Crippen LogP contribution < -0.4 is 14.8 Å². The second-order valence-electron chi connectivity index (χ2n) is 9.15. The highest BCUT2D eigenvalue weighted by atomic mass is 79.9. The monoisotopic (exact) mass is 575 g/mol. The van der Waals surface area contributed by atoms with Gasteiger partial charge in [-0.2, -0.15) is 10.1 Å². The second kappa shape index (κ2) is 12.0. The number of hydrogen-bond acceptors (Lipinski definition) is 8. The lowest BCUT2D eigenvalue weighted by atomic mass is 9.94. The molecule has 1 aliphatic heterocycles. The number of benzene rings is 1. The maximum atomic E-state index is 13.5. The fourth-order valence-electron chi connectivity index (χ4n) is 4.90. The Kier molecular flexibility index (Phi) is 8.73. The van der Waals surface area contributed by atoms with Crippen LogP contribution in [0.25, 0.3) is 0 Å². The number of hydrogen-bond donors (Lipinski definition) is 1. The van der Waals surface area contributed by atoms with Crippen molar-refractivity contribution in [1.82, 2.24) is 19.7 Å². The fourth-order valence-corrected chi connectivity index (χ4v) is 5.47. The van der Waals surface area contributed by atoms with E-state index >= 15 is 0 Å². The number of nitrogens with zero attached hydrogens (tertiary/aromatic N) is 4. The molecule has 0 saturated heterocycles. The van der Waals surface area contributed by atoms with Crippen LogP contribution in [-0.2, 0) is 14.3 Å². The average molecular weight is 576 g/mol. The lowest BCUT2D eigenvalue weighted by Crippen LogP contribution is -2.34. The van der Waals surface area contributed by atoms with E-state index in [0.29, 0.717) is 46.3 Å². The van der Waals surface area contributed by atoms with Gasteiger partial charge in [0.05, 0.1) is 17.2 Å². The van der Waals surface area contributed by atoms with Gasteiger partial charge in [-0.3, -0.25) is 4.79 Å². The van der Waals surface area contributed by atoms with Gasteiger partial charge in [0.1, 0.15) is 18.5 Å². The van der Waals surface area contributed by atoms with Crippen molar-refractivity contribution in [3.8, 4) is 11.5 Å². The highest BCUT2D eigenvalue weighted by molar-refractivity contribution is 9.10. The minimum atomic E-state index is -0.591. The number of carbonyl (C=O) groups is 2. The summed E-state index contributed by atoms with van der Waals surface area (Å²) in [6.07, 6.45) is 6.41. The lowest BCUT2D eigenvalue weighted by molar-refractivity contribution is -0.146. The number of fused-ring (bicyclic) bond motifs is 1. The normalized spacial score (nSPS) is 17.6. The molecule has 4 rings (SSSR count). The van der Waals surface area contributed by atoms with E-state index < -0.39 is 6.04 Å². The average Bonchev–Trinajstić information content (AvgIpc) is 3.36. The Hall–Kier alpha value is -3.08. The van der Waals surface area contributed by atoms with Crippen LogP contribution in [0.5, 0.6) is 11.5 Å². The molecule has 1 aliphatic carbocycles. The molecule has 1 aromatic heterocycles. The molecule has 1 N–H and O–H groups in total. The molecule has 0 radical (unpaired) electrons. The van der Waals surface area contributed by atoms with Gasteiger partial charge in [0.2, 0.25) is 5.95 Å². The number of methoxy groups -OCH3 is 1. The molecule has 1 amide bonds. The number of rotatable bonds is 9. The summed E-state index contributed by atoms with van der Waals surface area (Å²) in [7, 11) is 1.54. The van der Waals surface area contributed by atoms with E-state index in [4.69, 9.17) is 14.2 Å². The molecular formula is C26H34BrN5O5. The fraction of sp³-hybridized carbons (Fsp3) is 0.538. The lowest BCUT2D eigenvalue weighted by Gasteiger charge is -2.30. The standard InChI is InChI=1S/C26H34BrN5O5/c1-5-31(6-2)21(33)14-36-24-19(27)12-17(13-20(24)35-4)23-22(16(3)30-26-28-15-29-32(23)26)25(34)37-18-10-8-7-9-11-18/h12-13,15,18,23H,5-11,14H2,1-4H3,(H,28,29,30). The number of aromatic nitrogens is 3. The third-order valence-electron chi connectivity index (χ3n) is 6.86. The van der Waals surface area contributed by atoms with Crippen molar-refractivity contribution in [3.05, 3.63) is 39.8 Å². The molecule has 11 heteroatoms. The van der Waals surface area contributed by atoms with Gasteiger partial charge in [0.15, 0.2) is 18.1 Å². The molecule has 1 fully saturated rings. The number of ether oxygens (including phenoxy) is 3. The summed E-state index contributed by atoms with van der Waals surface area (Å²) in [5.74, 6) is 0.876. The number of nitrogens with one attached hydrogen (secondary N) is 1. The molecule has 10 nitrogen and oxygen atoms in total. The molecule has 1 unspecified atom stereocenters. The van der Waals surface area contributed by atoms with Crippen molar-refractivity contribution in [2.75, 3.05) is 32.1 Å². The molecule has 0 bridgehead atoms. The van der Waals surface area contributed by atoms with Crippen LogP contribution in [0, 0.1) is 0 Å². The van der Waals surface area contributed by atoms with Crippen LogP contribution in [0.2, 0.25) is 0 Å². The van der Waals surface area contributed by atoms with E-state index in [2.05, 4.69) is 31.3 Å². The maximum absolute atomic E-state index is 13.5. The summed E-state index contributed by atoms with van der Waals surface area (Å²) >= 11 is 3.59. The van der Waals surface area contributed by atoms with Gasteiger partial charge in [-0.25, -0.2) is 9.48 Å². The SMILES string of the molecule is CCN(CC)C(=O)COc1c(Br)cc(C2C(C(=O)OC3CCCCC3)=C(C)Nc3ncnn32)cc1OC. The van der Waals surface area contributed by atoms with Crippen LogP contribution in [0.3, 0.4) is 0 Å². The van der Waals surface area contributed by atoms with Gasteiger partial charge in [-0.15, -0.1) is 0 Å². The molecule has 0 spiro atoms. The zero-order valence-corrected chi connectivity index (χ0v) is 23.3. The first-order chi connectivity index (χ1) is 17.9. The zero-order chi connectivity index (χ0) is 26.5. The van der Waals surface area contributed by atoms with E-state index in [1.165, 1.54) is 19.9 Å². The number of esters is 1. The molecule has 200 valence electrons. The van der Waals surface area contributed by atoms with Crippen LogP contribution in [-0.4, -0.2) is 64.5 Å². The van der Waals surface area contributed by atoms with Gasteiger partial charge in [-0.05, 0) is 80.1 Å². The highest BCUT2D eigenvalue weighted by Crippen LogP contribution is 2.43. The van der Waals surface area contributed by atoms with Gasteiger partial charge in [-0.1, -0.05) is 6.42 Å². The van der Waals surface area contributed by atoms with Crippen molar-refractivity contribution >= 4 is 33.8 Å². The number of halogens is 1. The van der Waals surface area contributed by atoms with Crippen molar-refractivity contribution in [2.24, 2.45) is 0 Å². The molecule has 37 heavy (non-hydrogen) atoms. The summed E-state index contributed by atoms with van der Waals surface area (Å²) in [5.41, 5.74) is 1.85. The first-order valence-corrected chi connectivity index (χ1v) is 13.5. The third kappa shape index (κ3) is 5.76. The highest BCUT2D eigenvalue weighted by Gasteiger charge is 2.36. The summed E-state index contributed by atoms with van der Waals surface area (Å²) in [6, 6.07) is 3.05. The Bertz CT molecular complexity index is 1170. The molecule has 2 aliphatic rings. The van der Waals surface area contributed by atoms with Crippen LogP contribution >= 0.6 is 15.9 Å². The van der Waals surface area contributed by atoms with Crippen molar-refractivity contribution in [3.63, 3.8) is 0 Å². The molecular weight excluding hydrogens is 542 g/mol. The zero-order valence-electron chi connectivity index (χ0n) is 21.8. The quantitative estimate of drug-likeness (QED) is 0.436. The van der Waals surface area contributed by atoms with E-state index in [1.54, 1.807) is 15.6 Å². The molecule has 1 aromatic carbocycles. The number of anilines is 1. The summed E-state index contributed by atoms with van der Waals surface area (Å²) in [4.78, 5) is 32.0. The number of likely N-dealkylation sites (N-methyl/N-ethyl adjacent to an activating group) is 1. The van der Waals surface area contributed by atoms with Crippen molar-refractivity contribution in [1.29, 1.82) is 0 Å². The predicted octanol–water partition coefficient (Wildman–Crippen LogP) is 4.46. The Morgan fingerprint density at radius 3 is 2.59 bits per heavy atom.